The van der Waals surface area contributed by atoms with E-state index in [0.717, 1.165) is 0 Å². The Bertz CT molecular complexity index is 160. The van der Waals surface area contributed by atoms with Gasteiger partial charge in [0.25, 0.3) is 0 Å². The minimum absolute atomic E-state index is 0.0482. The quantitative estimate of drug-likeness (QED) is 0.552. The van der Waals surface area contributed by atoms with Crippen LogP contribution in [0.5, 0.6) is 0 Å². The molecule has 0 saturated carbocycles. The van der Waals surface area contributed by atoms with Crippen LogP contribution in [0.15, 0.2) is 0 Å². The Hall–Kier alpha value is -0.160. The zero-order valence-electron chi connectivity index (χ0n) is 10.3. The van der Waals surface area contributed by atoms with Crippen LogP contribution in [0.3, 0.4) is 0 Å². The van der Waals surface area contributed by atoms with Crippen LogP contribution >= 0.6 is 0 Å². The van der Waals surface area contributed by atoms with Crippen LogP contribution in [0.25, 0.3) is 0 Å². The third-order valence-electron chi connectivity index (χ3n) is 1.97. The highest BCUT2D eigenvalue weighted by Crippen LogP contribution is 2.00. The number of aliphatic hydroxyl groups is 2. The van der Waals surface area contributed by atoms with Gasteiger partial charge < -0.3 is 20.3 Å². The van der Waals surface area contributed by atoms with Crippen LogP contribution in [0.4, 0.5) is 0 Å². The van der Waals surface area contributed by atoms with Crippen LogP contribution in [0.2, 0.25) is 0 Å². The molecule has 4 heteroatoms. The Balaban J connectivity index is 3.53. The zero-order valence-corrected chi connectivity index (χ0v) is 10.3. The van der Waals surface area contributed by atoms with Crippen molar-refractivity contribution in [2.24, 2.45) is 5.92 Å². The lowest BCUT2D eigenvalue weighted by Gasteiger charge is -2.25. The van der Waals surface area contributed by atoms with E-state index < -0.39 is 6.10 Å². The average Bonchev–Trinajstić information content (AvgIpc) is 2.14. The Morgan fingerprint density at radius 3 is 2.33 bits per heavy atom. The van der Waals surface area contributed by atoms with Crippen molar-refractivity contribution in [3.63, 3.8) is 0 Å². The van der Waals surface area contributed by atoms with Gasteiger partial charge in [-0.3, -0.25) is 0 Å². The average molecular weight is 219 g/mol. The summed E-state index contributed by atoms with van der Waals surface area (Å²) in [5, 5.41) is 21.6. The standard InChI is InChI=1S/C11H25NO3/c1-9(2)6-15-7-10(14)5-12-11(3,4)8-13/h9-10,12-14H,5-8H2,1-4H3. The molecule has 0 aliphatic rings. The second kappa shape index (κ2) is 7.17. The molecule has 0 aromatic heterocycles. The lowest BCUT2D eigenvalue weighted by molar-refractivity contribution is 0.0213. The van der Waals surface area contributed by atoms with Gasteiger partial charge in [-0.25, -0.2) is 0 Å². The lowest BCUT2D eigenvalue weighted by Crippen LogP contribution is -2.47. The molecule has 0 aromatic carbocycles. The molecule has 3 N–H and O–H groups in total. The lowest BCUT2D eigenvalue weighted by atomic mass is 10.1. The first-order valence-corrected chi connectivity index (χ1v) is 5.49. The van der Waals surface area contributed by atoms with E-state index in [2.05, 4.69) is 19.2 Å². The van der Waals surface area contributed by atoms with Gasteiger partial charge in [0.2, 0.25) is 0 Å². The molecule has 1 unspecified atom stereocenters. The van der Waals surface area contributed by atoms with E-state index in [1.165, 1.54) is 0 Å². The molecule has 0 aromatic rings. The van der Waals surface area contributed by atoms with Crippen LogP contribution < -0.4 is 5.32 Å². The molecule has 0 amide bonds. The highest BCUT2D eigenvalue weighted by Gasteiger charge is 2.16. The monoisotopic (exact) mass is 219 g/mol. The van der Waals surface area contributed by atoms with Gasteiger partial charge in [0.1, 0.15) is 0 Å². The Labute approximate surface area is 92.6 Å². The minimum Gasteiger partial charge on any atom is -0.394 e. The van der Waals surface area contributed by atoms with Crippen LogP contribution in [-0.2, 0) is 4.74 Å². The van der Waals surface area contributed by atoms with Gasteiger partial charge in [0, 0.05) is 18.7 Å². The fourth-order valence-corrected chi connectivity index (χ4v) is 0.949. The molecule has 0 heterocycles. The van der Waals surface area contributed by atoms with E-state index in [1.807, 2.05) is 13.8 Å². The molecule has 0 radical (unpaired) electrons. The first kappa shape index (κ1) is 14.8. The zero-order chi connectivity index (χ0) is 11.9. The number of ether oxygens (including phenoxy) is 1. The second-order valence-electron chi connectivity index (χ2n) is 5.01. The SMILES string of the molecule is CC(C)COCC(O)CNC(C)(C)CO. The Kier molecular flexibility index (Phi) is 7.09. The molecule has 1 atom stereocenters. The topological polar surface area (TPSA) is 61.7 Å². The molecule has 0 aliphatic heterocycles. The summed E-state index contributed by atoms with van der Waals surface area (Å²) in [5.74, 6) is 0.485. The molecule has 0 spiro atoms. The van der Waals surface area contributed by atoms with E-state index in [4.69, 9.17) is 9.84 Å². The highest BCUT2D eigenvalue weighted by atomic mass is 16.5. The fraction of sp³-hybridized carbons (Fsp3) is 1.00. The van der Waals surface area contributed by atoms with Crippen molar-refractivity contribution in [2.75, 3.05) is 26.4 Å². The number of aliphatic hydroxyl groups excluding tert-OH is 2. The number of hydrogen-bond acceptors (Lipinski definition) is 4. The van der Waals surface area contributed by atoms with Crippen molar-refractivity contribution in [3.05, 3.63) is 0 Å². The number of nitrogens with one attached hydrogen (secondary N) is 1. The molecule has 4 nitrogen and oxygen atoms in total. The predicted molar refractivity (Wildman–Crippen MR) is 60.8 cm³/mol. The van der Waals surface area contributed by atoms with E-state index in [-0.39, 0.29) is 12.1 Å². The van der Waals surface area contributed by atoms with E-state index in [9.17, 15) is 5.11 Å². The maximum atomic E-state index is 9.55. The van der Waals surface area contributed by atoms with Gasteiger partial charge in [0.15, 0.2) is 0 Å². The van der Waals surface area contributed by atoms with E-state index >= 15 is 0 Å². The fourth-order valence-electron chi connectivity index (χ4n) is 0.949. The summed E-state index contributed by atoms with van der Waals surface area (Å²) in [6.45, 7) is 9.40. The number of β-amino-alcohol motifs (C(OH)–C–C–N with tert-alkyl or cyclic N) is 1. The summed E-state index contributed by atoms with van der Waals surface area (Å²) >= 11 is 0. The smallest absolute Gasteiger partial charge is 0.0897 e. The first-order chi connectivity index (χ1) is 6.87. The molecular weight excluding hydrogens is 194 g/mol. The molecular formula is C11H25NO3. The van der Waals surface area contributed by atoms with E-state index in [0.29, 0.717) is 25.7 Å². The van der Waals surface area contributed by atoms with Crippen molar-refractivity contribution in [2.45, 2.75) is 39.3 Å². The van der Waals surface area contributed by atoms with Gasteiger partial charge in [-0.05, 0) is 19.8 Å². The Morgan fingerprint density at radius 1 is 1.27 bits per heavy atom. The van der Waals surface area contributed by atoms with Crippen molar-refractivity contribution in [3.8, 4) is 0 Å². The predicted octanol–water partition coefficient (Wildman–Crippen LogP) is 0.380. The number of hydrogen-bond donors (Lipinski definition) is 3. The molecule has 0 rings (SSSR count). The van der Waals surface area contributed by atoms with Crippen molar-refractivity contribution >= 4 is 0 Å². The van der Waals surface area contributed by atoms with Gasteiger partial charge in [-0.1, -0.05) is 13.8 Å². The van der Waals surface area contributed by atoms with Gasteiger partial charge in [-0.2, -0.15) is 0 Å². The molecule has 0 aliphatic carbocycles. The maximum Gasteiger partial charge on any atom is 0.0897 e. The first-order valence-electron chi connectivity index (χ1n) is 5.49. The number of rotatable bonds is 8. The van der Waals surface area contributed by atoms with Crippen LogP contribution in [-0.4, -0.2) is 48.2 Å². The largest absolute Gasteiger partial charge is 0.394 e. The summed E-state index contributed by atoms with van der Waals surface area (Å²) < 4.78 is 5.30. The summed E-state index contributed by atoms with van der Waals surface area (Å²) in [6.07, 6.45) is -0.519. The van der Waals surface area contributed by atoms with Crippen molar-refractivity contribution < 1.29 is 14.9 Å². The normalized spacial score (nSPS) is 14.6. The maximum absolute atomic E-state index is 9.55. The summed E-state index contributed by atoms with van der Waals surface area (Å²) in [7, 11) is 0. The molecule has 0 saturated heterocycles. The van der Waals surface area contributed by atoms with Crippen molar-refractivity contribution in [1.82, 2.24) is 5.32 Å². The summed E-state index contributed by atoms with van der Waals surface area (Å²) in [6, 6.07) is 0. The molecule has 0 bridgehead atoms. The second-order valence-corrected chi connectivity index (χ2v) is 5.01. The molecule has 15 heavy (non-hydrogen) atoms. The van der Waals surface area contributed by atoms with Gasteiger partial charge in [0.05, 0.1) is 19.3 Å². The molecule has 0 fully saturated rings. The third kappa shape index (κ3) is 8.81. The Morgan fingerprint density at radius 2 is 1.87 bits per heavy atom. The van der Waals surface area contributed by atoms with Crippen molar-refractivity contribution in [1.29, 1.82) is 0 Å². The van der Waals surface area contributed by atoms with Gasteiger partial charge >= 0.3 is 0 Å². The third-order valence-corrected chi connectivity index (χ3v) is 1.97. The molecule has 92 valence electrons. The highest BCUT2D eigenvalue weighted by molar-refractivity contribution is 4.77. The summed E-state index contributed by atoms with van der Waals surface area (Å²) in [5.41, 5.74) is -0.348. The van der Waals surface area contributed by atoms with Crippen LogP contribution in [0, 0.1) is 5.92 Å². The minimum atomic E-state index is -0.519. The van der Waals surface area contributed by atoms with Gasteiger partial charge in [-0.15, -0.1) is 0 Å². The summed E-state index contributed by atoms with van der Waals surface area (Å²) in [4.78, 5) is 0. The van der Waals surface area contributed by atoms with E-state index in [1.54, 1.807) is 0 Å². The van der Waals surface area contributed by atoms with Crippen LogP contribution in [0.1, 0.15) is 27.7 Å².